The summed E-state index contributed by atoms with van der Waals surface area (Å²) in [4.78, 5) is 14.8. The van der Waals surface area contributed by atoms with Gasteiger partial charge in [-0.1, -0.05) is 103 Å². The SMILES string of the molecule is c1ccc(-c2nc(-c3ccccc3)nc(-c3ccc4cc(-n5c6ccc7oc8ccc9c%10ccccc%10n%10c%11cccc5c%11c6c7c8c9%10)ccc4c3)n2)cc1. The molecular weight excluding hydrogens is 675 g/mol. The van der Waals surface area contributed by atoms with Crippen molar-refractivity contribution in [2.24, 2.45) is 0 Å². The molecule has 0 unspecified atom stereocenters. The molecule has 254 valence electrons. The lowest BCUT2D eigenvalue weighted by atomic mass is 10.0. The molecule has 6 heteroatoms. The molecule has 6 nitrogen and oxygen atoms in total. The van der Waals surface area contributed by atoms with Crippen molar-refractivity contribution in [3.63, 3.8) is 0 Å². The smallest absolute Gasteiger partial charge is 0.164 e. The third kappa shape index (κ3) is 3.89. The second-order valence-corrected chi connectivity index (χ2v) is 14.4. The first-order valence-electron chi connectivity index (χ1n) is 18.5. The normalized spacial score (nSPS) is 12.4. The van der Waals surface area contributed by atoms with E-state index in [1.54, 1.807) is 0 Å². The predicted octanol–water partition coefficient (Wildman–Crippen LogP) is 12.5. The zero-order chi connectivity index (χ0) is 35.8. The van der Waals surface area contributed by atoms with Crippen molar-refractivity contribution in [3.8, 4) is 39.9 Å². The zero-order valence-corrected chi connectivity index (χ0v) is 29.2. The maximum Gasteiger partial charge on any atom is 0.164 e. The van der Waals surface area contributed by atoms with Gasteiger partial charge in [0, 0.05) is 49.3 Å². The Bertz CT molecular complexity index is 3590. The molecule has 0 aliphatic carbocycles. The number of rotatable bonds is 4. The van der Waals surface area contributed by atoms with Crippen LogP contribution in [0.4, 0.5) is 0 Å². The Kier molecular flexibility index (Phi) is 5.54. The van der Waals surface area contributed by atoms with Gasteiger partial charge in [0.25, 0.3) is 0 Å². The van der Waals surface area contributed by atoms with Crippen LogP contribution in [-0.4, -0.2) is 23.9 Å². The van der Waals surface area contributed by atoms with E-state index in [2.05, 4.69) is 112 Å². The number of para-hydroxylation sites is 1. The molecule has 13 aromatic rings. The van der Waals surface area contributed by atoms with Crippen molar-refractivity contribution in [1.82, 2.24) is 23.9 Å². The number of aromatic nitrogens is 5. The third-order valence-corrected chi connectivity index (χ3v) is 11.4. The highest BCUT2D eigenvalue weighted by Crippen LogP contribution is 2.48. The van der Waals surface area contributed by atoms with E-state index >= 15 is 0 Å². The summed E-state index contributed by atoms with van der Waals surface area (Å²) in [7, 11) is 0. The van der Waals surface area contributed by atoms with Crippen LogP contribution in [-0.2, 0) is 0 Å². The van der Waals surface area contributed by atoms with E-state index < -0.39 is 0 Å². The van der Waals surface area contributed by atoms with E-state index in [1.807, 2.05) is 60.7 Å². The standard InChI is InChI=1S/C49H27N5O/c1-3-10-28(11-4-1)47-50-48(29-12-5-2-6-13-29)52-49(51-47)32-19-18-31-27-33(21-20-30(31)26-32)53-37-16-9-17-38-42(37)43-39(53)23-25-40-44(43)45-41(55-40)24-22-35-34-14-7-8-15-36(34)54(38)46(35)45/h1-27H. The highest BCUT2D eigenvalue weighted by atomic mass is 16.3. The Hall–Kier alpha value is -7.57. The molecule has 0 amide bonds. The highest BCUT2D eigenvalue weighted by Gasteiger charge is 2.26. The first kappa shape index (κ1) is 28.9. The molecule has 5 aromatic heterocycles. The lowest BCUT2D eigenvalue weighted by Gasteiger charge is -2.11. The number of benzene rings is 8. The molecule has 0 aliphatic heterocycles. The van der Waals surface area contributed by atoms with E-state index in [0.29, 0.717) is 17.5 Å². The van der Waals surface area contributed by atoms with Crippen LogP contribution in [0.3, 0.4) is 0 Å². The highest BCUT2D eigenvalue weighted by molar-refractivity contribution is 6.37. The lowest BCUT2D eigenvalue weighted by molar-refractivity contribution is 0.669. The van der Waals surface area contributed by atoms with Crippen molar-refractivity contribution < 1.29 is 4.42 Å². The van der Waals surface area contributed by atoms with E-state index in [4.69, 9.17) is 19.4 Å². The Morgan fingerprint density at radius 2 is 1.00 bits per heavy atom. The molecule has 0 bridgehead atoms. The van der Waals surface area contributed by atoms with Crippen LogP contribution in [0.5, 0.6) is 0 Å². The van der Waals surface area contributed by atoms with E-state index in [-0.39, 0.29) is 0 Å². The number of furan rings is 1. The zero-order valence-electron chi connectivity index (χ0n) is 29.2. The molecule has 0 saturated heterocycles. The molecule has 0 aliphatic rings. The fraction of sp³-hybridized carbons (Fsp3) is 0. The van der Waals surface area contributed by atoms with Crippen LogP contribution < -0.4 is 0 Å². The molecule has 0 fully saturated rings. The van der Waals surface area contributed by atoms with Crippen LogP contribution in [0.1, 0.15) is 0 Å². The van der Waals surface area contributed by atoms with Crippen molar-refractivity contribution in [1.29, 1.82) is 0 Å². The van der Waals surface area contributed by atoms with Crippen molar-refractivity contribution in [2.45, 2.75) is 0 Å². The first-order chi connectivity index (χ1) is 27.3. The predicted molar refractivity (Wildman–Crippen MR) is 224 cm³/mol. The van der Waals surface area contributed by atoms with Crippen LogP contribution in [0.15, 0.2) is 168 Å². The summed E-state index contributed by atoms with van der Waals surface area (Å²) in [5, 5.41) is 9.57. The molecule has 13 rings (SSSR count). The topological polar surface area (TPSA) is 61.2 Å². The summed E-state index contributed by atoms with van der Waals surface area (Å²) in [6, 6.07) is 57.6. The van der Waals surface area contributed by atoms with Gasteiger partial charge >= 0.3 is 0 Å². The first-order valence-corrected chi connectivity index (χ1v) is 18.5. The van der Waals surface area contributed by atoms with Crippen molar-refractivity contribution in [3.05, 3.63) is 164 Å². The largest absolute Gasteiger partial charge is 0.456 e. The second-order valence-electron chi connectivity index (χ2n) is 14.4. The lowest BCUT2D eigenvalue weighted by Crippen LogP contribution is -2.00. The Labute approximate surface area is 312 Å². The van der Waals surface area contributed by atoms with E-state index in [0.717, 1.165) is 55.3 Å². The van der Waals surface area contributed by atoms with E-state index in [9.17, 15) is 0 Å². The van der Waals surface area contributed by atoms with Gasteiger partial charge in [-0.05, 0) is 71.4 Å². The fourth-order valence-electron chi connectivity index (χ4n) is 9.09. The van der Waals surface area contributed by atoms with Gasteiger partial charge in [-0.25, -0.2) is 15.0 Å². The minimum Gasteiger partial charge on any atom is -0.456 e. The summed E-state index contributed by atoms with van der Waals surface area (Å²) in [6.07, 6.45) is 0. The molecule has 0 radical (unpaired) electrons. The van der Waals surface area contributed by atoms with E-state index in [1.165, 1.54) is 48.9 Å². The minimum atomic E-state index is 0.644. The van der Waals surface area contributed by atoms with Crippen LogP contribution >= 0.6 is 0 Å². The monoisotopic (exact) mass is 701 g/mol. The van der Waals surface area contributed by atoms with Crippen molar-refractivity contribution >= 4 is 81.8 Å². The van der Waals surface area contributed by atoms with Crippen LogP contribution in [0.2, 0.25) is 0 Å². The van der Waals surface area contributed by atoms with Gasteiger partial charge in [-0.2, -0.15) is 0 Å². The molecule has 8 aromatic carbocycles. The summed E-state index contributed by atoms with van der Waals surface area (Å²) >= 11 is 0. The molecule has 0 saturated carbocycles. The molecule has 0 N–H and O–H groups in total. The summed E-state index contributed by atoms with van der Waals surface area (Å²) in [6.45, 7) is 0. The van der Waals surface area contributed by atoms with Crippen LogP contribution in [0.25, 0.3) is 122 Å². The number of nitrogens with zero attached hydrogens (tertiary/aromatic N) is 5. The average Bonchev–Trinajstić information content (AvgIpc) is 3.88. The number of hydrogen-bond donors (Lipinski definition) is 0. The van der Waals surface area contributed by atoms with Crippen molar-refractivity contribution in [2.75, 3.05) is 0 Å². The van der Waals surface area contributed by atoms with Gasteiger partial charge in [-0.3, -0.25) is 0 Å². The number of hydrogen-bond acceptors (Lipinski definition) is 4. The summed E-state index contributed by atoms with van der Waals surface area (Å²) < 4.78 is 11.5. The second kappa shape index (κ2) is 10.5. The molecule has 0 atom stereocenters. The van der Waals surface area contributed by atoms with Gasteiger partial charge < -0.3 is 13.4 Å². The molecule has 0 spiro atoms. The molecule has 5 heterocycles. The Balaban J connectivity index is 1.03. The quantitative estimate of drug-likeness (QED) is 0.183. The fourth-order valence-corrected chi connectivity index (χ4v) is 9.09. The van der Waals surface area contributed by atoms with Gasteiger partial charge in [0.05, 0.1) is 33.0 Å². The van der Waals surface area contributed by atoms with Gasteiger partial charge in [0.1, 0.15) is 11.2 Å². The van der Waals surface area contributed by atoms with Gasteiger partial charge in [0.15, 0.2) is 17.5 Å². The average molecular weight is 702 g/mol. The number of fused-ring (bicyclic) bond motifs is 5. The minimum absolute atomic E-state index is 0.644. The van der Waals surface area contributed by atoms with Gasteiger partial charge in [-0.15, -0.1) is 0 Å². The maximum absolute atomic E-state index is 6.58. The Morgan fingerprint density at radius 1 is 0.382 bits per heavy atom. The third-order valence-electron chi connectivity index (χ3n) is 11.4. The van der Waals surface area contributed by atoms with Gasteiger partial charge in [0.2, 0.25) is 0 Å². The molecular formula is C49H27N5O. The van der Waals surface area contributed by atoms with Crippen LogP contribution in [0, 0.1) is 0 Å². The Morgan fingerprint density at radius 3 is 1.80 bits per heavy atom. The summed E-state index contributed by atoms with van der Waals surface area (Å²) in [5.74, 6) is 1.95. The molecule has 55 heavy (non-hydrogen) atoms. The maximum atomic E-state index is 6.58. The summed E-state index contributed by atoms with van der Waals surface area (Å²) in [5.41, 5.74) is 11.7.